The summed E-state index contributed by atoms with van der Waals surface area (Å²) in [5.41, 5.74) is 6.89. The first-order valence-electron chi connectivity index (χ1n) is 3.81. The highest BCUT2D eigenvalue weighted by atomic mass is 32.2. The van der Waals surface area contributed by atoms with Crippen molar-refractivity contribution in [3.05, 3.63) is 23.8 Å². The summed E-state index contributed by atoms with van der Waals surface area (Å²) >= 11 is -2.32. The molecular formula is C8H11NO3S. The van der Waals surface area contributed by atoms with Gasteiger partial charge in [0.15, 0.2) is 5.75 Å². The molecule has 3 N–H and O–H groups in total. The number of nitrogens with two attached hydrogens (primary N) is 1. The molecule has 0 aliphatic carbocycles. The third-order valence-electron chi connectivity index (χ3n) is 1.65. The number of rotatable bonds is 3. The summed E-state index contributed by atoms with van der Waals surface area (Å²) in [5.74, 6) is 0.250. The van der Waals surface area contributed by atoms with Gasteiger partial charge in [-0.15, -0.1) is 0 Å². The van der Waals surface area contributed by atoms with Gasteiger partial charge in [-0.3, -0.25) is 4.55 Å². The highest BCUT2D eigenvalue weighted by molar-refractivity contribution is 7.74. The number of hydrogen-bond acceptors (Lipinski definition) is 3. The Morgan fingerprint density at radius 1 is 1.62 bits per heavy atom. The molecule has 0 bridgehead atoms. The van der Waals surface area contributed by atoms with Crippen molar-refractivity contribution in [2.24, 2.45) is 0 Å². The Balaban J connectivity index is 2.96. The summed E-state index contributed by atoms with van der Waals surface area (Å²) in [4.78, 5) is 0. The number of nitrogen functional groups attached to an aromatic ring is 1. The Morgan fingerprint density at radius 2 is 2.31 bits per heavy atom. The minimum atomic E-state index is -2.32. The lowest BCUT2D eigenvalue weighted by atomic mass is 10.1. The summed E-state index contributed by atoms with van der Waals surface area (Å²) in [7, 11) is 0. The van der Waals surface area contributed by atoms with Gasteiger partial charge >= 0.3 is 11.4 Å². The van der Waals surface area contributed by atoms with Crippen LogP contribution >= 0.6 is 0 Å². The van der Waals surface area contributed by atoms with Gasteiger partial charge < -0.3 is 9.92 Å². The SMILES string of the molecule is CCc1ccc(N)c(OS(=O)O)c1. The first-order valence-corrected chi connectivity index (χ1v) is 4.84. The molecule has 1 unspecified atom stereocenters. The van der Waals surface area contributed by atoms with Crippen molar-refractivity contribution in [1.29, 1.82) is 0 Å². The molecule has 1 aromatic rings. The molecule has 5 heteroatoms. The molecule has 0 saturated heterocycles. The molecule has 0 heterocycles. The van der Waals surface area contributed by atoms with E-state index in [0.29, 0.717) is 5.69 Å². The van der Waals surface area contributed by atoms with Gasteiger partial charge in [-0.2, -0.15) is 4.21 Å². The van der Waals surface area contributed by atoms with Crippen LogP contribution in [-0.2, 0) is 17.8 Å². The van der Waals surface area contributed by atoms with E-state index in [-0.39, 0.29) is 5.75 Å². The average molecular weight is 201 g/mol. The zero-order chi connectivity index (χ0) is 9.84. The van der Waals surface area contributed by atoms with Crippen LogP contribution in [0.4, 0.5) is 5.69 Å². The fourth-order valence-corrected chi connectivity index (χ4v) is 1.25. The normalized spacial score (nSPS) is 12.5. The average Bonchev–Trinajstić information content (AvgIpc) is 2.08. The third kappa shape index (κ3) is 2.71. The Hall–Kier alpha value is -1.07. The van der Waals surface area contributed by atoms with Gasteiger partial charge in [0, 0.05) is 0 Å². The number of hydrogen-bond donors (Lipinski definition) is 2. The molecule has 0 saturated carbocycles. The van der Waals surface area contributed by atoms with E-state index in [9.17, 15) is 4.21 Å². The van der Waals surface area contributed by atoms with Crippen molar-refractivity contribution in [2.45, 2.75) is 13.3 Å². The predicted molar refractivity (Wildman–Crippen MR) is 51.6 cm³/mol. The van der Waals surface area contributed by atoms with E-state index in [1.165, 1.54) is 0 Å². The standard InChI is InChI=1S/C8H11NO3S/c1-2-6-3-4-7(9)8(5-6)12-13(10)11/h3-5H,2,9H2,1H3,(H,10,11). The summed E-state index contributed by atoms with van der Waals surface area (Å²) < 4.78 is 23.4. The van der Waals surface area contributed by atoms with Crippen molar-refractivity contribution in [3.63, 3.8) is 0 Å². The van der Waals surface area contributed by atoms with Gasteiger partial charge in [0.25, 0.3) is 0 Å². The van der Waals surface area contributed by atoms with Gasteiger partial charge in [0.2, 0.25) is 0 Å². The highest BCUT2D eigenvalue weighted by Gasteiger charge is 2.04. The van der Waals surface area contributed by atoms with E-state index in [4.69, 9.17) is 10.3 Å². The molecule has 0 aliphatic heterocycles. The first kappa shape index (κ1) is 10.0. The van der Waals surface area contributed by atoms with Crippen LogP contribution in [0.5, 0.6) is 5.75 Å². The van der Waals surface area contributed by atoms with Crippen LogP contribution in [0.3, 0.4) is 0 Å². The van der Waals surface area contributed by atoms with E-state index in [0.717, 1.165) is 12.0 Å². The van der Waals surface area contributed by atoms with Crippen LogP contribution in [0.2, 0.25) is 0 Å². The molecule has 0 fully saturated rings. The van der Waals surface area contributed by atoms with Crippen LogP contribution in [0.15, 0.2) is 18.2 Å². The maximum atomic E-state index is 10.4. The van der Waals surface area contributed by atoms with Crippen molar-refractivity contribution < 1.29 is 12.9 Å². The lowest BCUT2D eigenvalue weighted by Crippen LogP contribution is -2.01. The van der Waals surface area contributed by atoms with E-state index in [1.807, 2.05) is 13.0 Å². The van der Waals surface area contributed by atoms with E-state index < -0.39 is 11.4 Å². The Labute approximate surface area is 79.2 Å². The number of anilines is 1. The van der Waals surface area contributed by atoms with E-state index in [1.54, 1.807) is 12.1 Å². The molecule has 13 heavy (non-hydrogen) atoms. The quantitative estimate of drug-likeness (QED) is 0.572. The molecule has 0 amide bonds. The van der Waals surface area contributed by atoms with Crippen molar-refractivity contribution in [2.75, 3.05) is 5.73 Å². The van der Waals surface area contributed by atoms with Crippen molar-refractivity contribution in [3.8, 4) is 5.75 Å². The maximum Gasteiger partial charge on any atom is 0.357 e. The zero-order valence-electron chi connectivity index (χ0n) is 7.19. The summed E-state index contributed by atoms with van der Waals surface area (Å²) in [6.07, 6.45) is 0.828. The Morgan fingerprint density at radius 3 is 2.85 bits per heavy atom. The molecule has 1 atom stereocenters. The fraction of sp³-hybridized carbons (Fsp3) is 0.250. The van der Waals surface area contributed by atoms with Crippen molar-refractivity contribution >= 4 is 17.0 Å². The van der Waals surface area contributed by atoms with Gasteiger partial charge in [-0.25, -0.2) is 0 Å². The molecular weight excluding hydrogens is 190 g/mol. The third-order valence-corrected chi connectivity index (χ3v) is 1.97. The lowest BCUT2D eigenvalue weighted by molar-refractivity contribution is 0.458. The van der Waals surface area contributed by atoms with Gasteiger partial charge in [-0.05, 0) is 24.1 Å². The zero-order valence-corrected chi connectivity index (χ0v) is 8.00. The predicted octanol–water partition coefficient (Wildman–Crippen LogP) is 1.35. The van der Waals surface area contributed by atoms with Crippen LogP contribution in [0.1, 0.15) is 12.5 Å². The summed E-state index contributed by atoms with van der Waals surface area (Å²) in [6, 6.07) is 5.16. The largest absolute Gasteiger partial charge is 0.396 e. The van der Waals surface area contributed by atoms with Crippen molar-refractivity contribution in [1.82, 2.24) is 0 Å². The fourth-order valence-electron chi connectivity index (χ4n) is 0.948. The molecule has 0 spiro atoms. The van der Waals surface area contributed by atoms with E-state index in [2.05, 4.69) is 4.18 Å². The smallest absolute Gasteiger partial charge is 0.357 e. The van der Waals surface area contributed by atoms with E-state index >= 15 is 0 Å². The maximum absolute atomic E-state index is 10.4. The van der Waals surface area contributed by atoms with Crippen LogP contribution in [0.25, 0.3) is 0 Å². The molecule has 0 aromatic heterocycles. The van der Waals surface area contributed by atoms with Gasteiger partial charge in [-0.1, -0.05) is 13.0 Å². The molecule has 72 valence electrons. The first-order chi connectivity index (χ1) is 6.13. The second-order valence-corrected chi connectivity index (χ2v) is 3.13. The lowest BCUT2D eigenvalue weighted by Gasteiger charge is -2.05. The minimum absolute atomic E-state index is 0.250. The molecule has 1 rings (SSSR count). The highest BCUT2D eigenvalue weighted by Crippen LogP contribution is 2.23. The molecule has 0 aliphatic rings. The Kier molecular flexibility index (Phi) is 3.27. The second kappa shape index (κ2) is 4.25. The van der Waals surface area contributed by atoms with Crippen LogP contribution in [0, 0.1) is 0 Å². The topological polar surface area (TPSA) is 72.5 Å². The molecule has 0 radical (unpaired) electrons. The van der Waals surface area contributed by atoms with Crippen LogP contribution in [-0.4, -0.2) is 8.76 Å². The monoisotopic (exact) mass is 201 g/mol. The number of aryl methyl sites for hydroxylation is 1. The number of benzene rings is 1. The van der Waals surface area contributed by atoms with Gasteiger partial charge in [0.1, 0.15) is 0 Å². The van der Waals surface area contributed by atoms with Crippen LogP contribution < -0.4 is 9.92 Å². The molecule has 4 nitrogen and oxygen atoms in total. The summed E-state index contributed by atoms with van der Waals surface area (Å²) in [5, 5.41) is 0. The summed E-state index contributed by atoms with van der Waals surface area (Å²) in [6.45, 7) is 1.98. The molecule has 1 aromatic carbocycles. The van der Waals surface area contributed by atoms with Gasteiger partial charge in [0.05, 0.1) is 5.69 Å². The second-order valence-electron chi connectivity index (χ2n) is 2.53. The Bertz CT molecular complexity index is 327. The minimum Gasteiger partial charge on any atom is -0.396 e.